The lowest BCUT2D eigenvalue weighted by Gasteiger charge is -2.33. The van der Waals surface area contributed by atoms with Crippen molar-refractivity contribution in [2.45, 2.75) is 17.6 Å². The molecule has 2 aromatic rings. The molecule has 0 aliphatic carbocycles. The average Bonchev–Trinajstić information content (AvgIpc) is 2.64. The van der Waals surface area contributed by atoms with Gasteiger partial charge in [0.1, 0.15) is 0 Å². The van der Waals surface area contributed by atoms with Crippen molar-refractivity contribution in [3.63, 3.8) is 0 Å². The van der Waals surface area contributed by atoms with Gasteiger partial charge in [0.15, 0.2) is 0 Å². The van der Waals surface area contributed by atoms with Crippen LogP contribution in [0.3, 0.4) is 0 Å². The summed E-state index contributed by atoms with van der Waals surface area (Å²) in [5, 5.41) is 0.547. The number of nitrogens with zero attached hydrogens (tertiary/aromatic N) is 2. The minimum absolute atomic E-state index is 0.130. The van der Waals surface area contributed by atoms with Crippen LogP contribution in [-0.2, 0) is 25.8 Å². The quantitative estimate of drug-likeness (QED) is 0.733. The largest absolute Gasteiger partial charge is 0.243 e. The van der Waals surface area contributed by atoms with Gasteiger partial charge in [0.25, 0.3) is 0 Å². The van der Waals surface area contributed by atoms with Gasteiger partial charge in [-0.25, -0.2) is 16.8 Å². The van der Waals surface area contributed by atoms with E-state index < -0.39 is 20.0 Å². The van der Waals surface area contributed by atoms with E-state index in [-0.39, 0.29) is 36.8 Å². The van der Waals surface area contributed by atoms with Crippen LogP contribution >= 0.6 is 11.6 Å². The summed E-state index contributed by atoms with van der Waals surface area (Å²) >= 11 is 5.83. The second-order valence-electron chi connectivity index (χ2n) is 6.50. The zero-order chi connectivity index (χ0) is 19.7. The molecule has 0 unspecified atom stereocenters. The monoisotopic (exact) mass is 428 g/mol. The van der Waals surface area contributed by atoms with Gasteiger partial charge in [0.05, 0.1) is 10.6 Å². The zero-order valence-electron chi connectivity index (χ0n) is 14.9. The highest BCUT2D eigenvalue weighted by Gasteiger charge is 2.32. The summed E-state index contributed by atoms with van der Waals surface area (Å²) in [4.78, 5) is 0.227. The van der Waals surface area contributed by atoms with Gasteiger partial charge in [-0.1, -0.05) is 41.4 Å². The fraction of sp³-hybridized carbons (Fsp3) is 0.333. The topological polar surface area (TPSA) is 74.8 Å². The Balaban J connectivity index is 1.67. The van der Waals surface area contributed by atoms with Crippen molar-refractivity contribution in [2.75, 3.05) is 26.2 Å². The van der Waals surface area contributed by atoms with Gasteiger partial charge in [-0.05, 0) is 36.8 Å². The number of halogens is 1. The highest BCUT2D eigenvalue weighted by molar-refractivity contribution is 7.89. The smallest absolute Gasteiger partial charge is 0.212 e. The first-order valence-corrected chi connectivity index (χ1v) is 11.9. The molecular formula is C18H21ClN2O4S2. The molecule has 146 valence electrons. The van der Waals surface area contributed by atoms with Gasteiger partial charge < -0.3 is 0 Å². The Labute approximate surface area is 165 Å². The number of piperazine rings is 1. The maximum Gasteiger partial charge on any atom is 0.243 e. The third-order valence-corrected chi connectivity index (χ3v) is 8.53. The molecule has 2 aromatic carbocycles. The summed E-state index contributed by atoms with van der Waals surface area (Å²) in [6.45, 7) is 2.44. The van der Waals surface area contributed by atoms with Gasteiger partial charge >= 0.3 is 0 Å². The van der Waals surface area contributed by atoms with Gasteiger partial charge in [-0.15, -0.1) is 0 Å². The summed E-state index contributed by atoms with van der Waals surface area (Å²) in [6, 6.07) is 13.3. The predicted molar refractivity (Wildman–Crippen MR) is 106 cm³/mol. The molecule has 0 N–H and O–H groups in total. The van der Waals surface area contributed by atoms with E-state index in [1.54, 1.807) is 48.5 Å². The summed E-state index contributed by atoms with van der Waals surface area (Å²) in [5.41, 5.74) is 1.63. The first-order valence-electron chi connectivity index (χ1n) is 8.47. The van der Waals surface area contributed by atoms with Crippen LogP contribution in [0.25, 0.3) is 0 Å². The number of benzene rings is 2. The lowest BCUT2D eigenvalue weighted by Crippen LogP contribution is -2.50. The molecule has 0 aromatic heterocycles. The number of hydrogen-bond acceptors (Lipinski definition) is 4. The second-order valence-corrected chi connectivity index (χ2v) is 10.8. The van der Waals surface area contributed by atoms with Crippen LogP contribution in [0, 0.1) is 6.92 Å². The highest BCUT2D eigenvalue weighted by atomic mass is 35.5. The Hall–Kier alpha value is -1.45. The van der Waals surface area contributed by atoms with Crippen LogP contribution in [0.15, 0.2) is 53.4 Å². The maximum atomic E-state index is 12.7. The molecule has 0 bridgehead atoms. The molecule has 0 amide bonds. The fourth-order valence-electron chi connectivity index (χ4n) is 2.93. The van der Waals surface area contributed by atoms with Gasteiger partial charge in [-0.3, -0.25) is 0 Å². The van der Waals surface area contributed by atoms with Crippen LogP contribution in [0.5, 0.6) is 0 Å². The maximum absolute atomic E-state index is 12.7. The Morgan fingerprint density at radius 1 is 0.815 bits per heavy atom. The Kier molecular flexibility index (Phi) is 5.93. The SMILES string of the molecule is Cc1ccc(S(=O)(=O)N2CCN(S(=O)(=O)Cc3ccc(Cl)cc3)CC2)cc1. The van der Waals surface area contributed by atoms with Crippen molar-refractivity contribution < 1.29 is 16.8 Å². The summed E-state index contributed by atoms with van der Waals surface area (Å²) < 4.78 is 53.4. The molecule has 1 saturated heterocycles. The molecule has 9 heteroatoms. The fourth-order valence-corrected chi connectivity index (χ4v) is 5.99. The van der Waals surface area contributed by atoms with Crippen LogP contribution in [0.4, 0.5) is 0 Å². The summed E-state index contributed by atoms with van der Waals surface area (Å²) in [7, 11) is -7.13. The third kappa shape index (κ3) is 4.70. The van der Waals surface area contributed by atoms with Crippen LogP contribution in [-0.4, -0.2) is 51.6 Å². The van der Waals surface area contributed by atoms with Crippen molar-refractivity contribution in [3.05, 3.63) is 64.7 Å². The Bertz CT molecular complexity index is 996. The summed E-state index contributed by atoms with van der Waals surface area (Å²) in [5.74, 6) is -0.130. The molecule has 0 saturated carbocycles. The second kappa shape index (κ2) is 7.89. The van der Waals surface area contributed by atoms with E-state index in [1.165, 1.54) is 8.61 Å². The molecule has 6 nitrogen and oxygen atoms in total. The van der Waals surface area contributed by atoms with Crippen molar-refractivity contribution in [1.82, 2.24) is 8.61 Å². The minimum Gasteiger partial charge on any atom is -0.212 e. The lowest BCUT2D eigenvalue weighted by molar-refractivity contribution is 0.272. The Morgan fingerprint density at radius 2 is 1.33 bits per heavy atom. The van der Waals surface area contributed by atoms with Crippen molar-refractivity contribution in [3.8, 4) is 0 Å². The van der Waals surface area contributed by atoms with E-state index in [4.69, 9.17) is 11.6 Å². The minimum atomic E-state index is -3.61. The van der Waals surface area contributed by atoms with Crippen molar-refractivity contribution in [2.24, 2.45) is 0 Å². The molecule has 1 heterocycles. The molecule has 0 radical (unpaired) electrons. The van der Waals surface area contributed by atoms with E-state index in [9.17, 15) is 16.8 Å². The molecule has 3 rings (SSSR count). The number of hydrogen-bond donors (Lipinski definition) is 0. The molecule has 27 heavy (non-hydrogen) atoms. The summed E-state index contributed by atoms with van der Waals surface area (Å²) in [6.07, 6.45) is 0. The van der Waals surface area contributed by atoms with Crippen LogP contribution < -0.4 is 0 Å². The molecule has 1 fully saturated rings. The molecule has 1 aliphatic heterocycles. The molecule has 0 spiro atoms. The van der Waals surface area contributed by atoms with E-state index >= 15 is 0 Å². The van der Waals surface area contributed by atoms with Crippen LogP contribution in [0.2, 0.25) is 5.02 Å². The first kappa shape index (κ1) is 20.3. The molecular weight excluding hydrogens is 408 g/mol. The van der Waals surface area contributed by atoms with Crippen molar-refractivity contribution >= 4 is 31.6 Å². The van der Waals surface area contributed by atoms with E-state index in [0.29, 0.717) is 10.6 Å². The third-order valence-electron chi connectivity index (χ3n) is 4.51. The van der Waals surface area contributed by atoms with Gasteiger partial charge in [0, 0.05) is 31.2 Å². The Morgan fingerprint density at radius 3 is 1.89 bits per heavy atom. The van der Waals surface area contributed by atoms with E-state index in [2.05, 4.69) is 0 Å². The number of aryl methyl sites for hydroxylation is 1. The van der Waals surface area contributed by atoms with E-state index in [1.807, 2.05) is 6.92 Å². The van der Waals surface area contributed by atoms with Gasteiger partial charge in [0.2, 0.25) is 20.0 Å². The average molecular weight is 429 g/mol. The zero-order valence-corrected chi connectivity index (χ0v) is 17.3. The molecule has 0 atom stereocenters. The number of sulfonamides is 2. The van der Waals surface area contributed by atoms with Crippen LogP contribution in [0.1, 0.15) is 11.1 Å². The lowest BCUT2D eigenvalue weighted by atomic mass is 10.2. The first-order chi connectivity index (χ1) is 12.7. The highest BCUT2D eigenvalue weighted by Crippen LogP contribution is 2.21. The van der Waals surface area contributed by atoms with E-state index in [0.717, 1.165) is 5.56 Å². The number of rotatable bonds is 5. The standard InChI is InChI=1S/C18H21ClN2O4S2/c1-15-2-8-18(9-3-15)27(24,25)21-12-10-20(11-13-21)26(22,23)14-16-4-6-17(19)7-5-16/h2-9H,10-14H2,1H3. The van der Waals surface area contributed by atoms with Gasteiger partial charge in [-0.2, -0.15) is 8.61 Å². The molecule has 1 aliphatic rings. The normalized spacial score (nSPS) is 17.1. The predicted octanol–water partition coefficient (Wildman–Crippen LogP) is 2.48. The van der Waals surface area contributed by atoms with Crippen molar-refractivity contribution in [1.29, 1.82) is 0 Å².